The Balaban J connectivity index is 0.00000312. The zero-order valence-corrected chi connectivity index (χ0v) is 14.8. The van der Waals surface area contributed by atoms with Gasteiger partial charge in [-0.15, -0.1) is 12.4 Å². The van der Waals surface area contributed by atoms with Crippen LogP contribution < -0.4 is 10.6 Å². The summed E-state index contributed by atoms with van der Waals surface area (Å²) < 4.78 is 40.8. The second-order valence-electron chi connectivity index (χ2n) is 5.55. The Kier molecular flexibility index (Phi) is 7.01. The van der Waals surface area contributed by atoms with Gasteiger partial charge in [-0.25, -0.2) is 4.68 Å². The molecule has 1 heterocycles. The van der Waals surface area contributed by atoms with Gasteiger partial charge in [0.2, 0.25) is 5.91 Å². The molecular weight excluding hydrogens is 357 g/mol. The molecule has 0 aliphatic rings. The third kappa shape index (κ3) is 4.96. The first-order chi connectivity index (χ1) is 11.2. The van der Waals surface area contributed by atoms with E-state index < -0.39 is 11.7 Å². The van der Waals surface area contributed by atoms with Gasteiger partial charge < -0.3 is 10.6 Å². The topological polar surface area (TPSA) is 59.0 Å². The molecule has 0 saturated heterocycles. The van der Waals surface area contributed by atoms with E-state index in [2.05, 4.69) is 15.7 Å². The lowest BCUT2D eigenvalue weighted by Crippen LogP contribution is -2.29. The molecule has 0 aliphatic heterocycles. The average molecular weight is 377 g/mol. The van der Waals surface area contributed by atoms with Gasteiger partial charge in [0.1, 0.15) is 5.82 Å². The van der Waals surface area contributed by atoms with Gasteiger partial charge >= 0.3 is 6.18 Å². The van der Waals surface area contributed by atoms with Crippen molar-refractivity contribution < 1.29 is 18.0 Å². The normalized spacial score (nSPS) is 12.4. The predicted molar refractivity (Wildman–Crippen MR) is 92.3 cm³/mol. The number of benzene rings is 1. The molecule has 138 valence electrons. The predicted octanol–water partition coefficient (Wildman–Crippen LogP) is 3.42. The van der Waals surface area contributed by atoms with Gasteiger partial charge in [0.15, 0.2) is 0 Å². The van der Waals surface area contributed by atoms with Crippen LogP contribution in [0.3, 0.4) is 0 Å². The number of para-hydroxylation sites is 1. The molecule has 0 aliphatic carbocycles. The molecular formula is C16H20ClF3N4O. The van der Waals surface area contributed by atoms with Crippen molar-refractivity contribution in [2.75, 3.05) is 18.9 Å². The first-order valence-corrected chi connectivity index (χ1v) is 7.42. The van der Waals surface area contributed by atoms with Crippen LogP contribution in [0.2, 0.25) is 0 Å². The molecule has 0 radical (unpaired) electrons. The monoisotopic (exact) mass is 376 g/mol. The number of carbonyl (C=O) groups excluding carboxylic acids is 1. The Hall–Kier alpha value is -2.06. The van der Waals surface area contributed by atoms with E-state index in [1.165, 1.54) is 24.3 Å². The van der Waals surface area contributed by atoms with Gasteiger partial charge in [0, 0.05) is 18.5 Å². The van der Waals surface area contributed by atoms with Gasteiger partial charge in [0.25, 0.3) is 0 Å². The maximum absolute atomic E-state index is 13.2. The van der Waals surface area contributed by atoms with Crippen LogP contribution in [-0.4, -0.2) is 29.3 Å². The second-order valence-corrected chi connectivity index (χ2v) is 5.55. The summed E-state index contributed by atoms with van der Waals surface area (Å²) in [6.45, 7) is 3.83. The quantitative estimate of drug-likeness (QED) is 0.840. The van der Waals surface area contributed by atoms with Crippen molar-refractivity contribution in [3.05, 3.63) is 41.6 Å². The summed E-state index contributed by atoms with van der Waals surface area (Å²) >= 11 is 0. The smallest absolute Gasteiger partial charge is 0.319 e. The van der Waals surface area contributed by atoms with Crippen LogP contribution in [0.15, 0.2) is 30.3 Å². The van der Waals surface area contributed by atoms with E-state index in [9.17, 15) is 18.0 Å². The first-order valence-electron chi connectivity index (χ1n) is 7.42. The molecule has 9 heteroatoms. The molecule has 2 aromatic rings. The lowest BCUT2D eigenvalue weighted by Gasteiger charge is -2.16. The van der Waals surface area contributed by atoms with Crippen LogP contribution in [0.5, 0.6) is 0 Å². The maximum atomic E-state index is 13.2. The summed E-state index contributed by atoms with van der Waals surface area (Å²) in [5.74, 6) is -0.427. The number of rotatable bonds is 5. The van der Waals surface area contributed by atoms with Crippen molar-refractivity contribution >= 4 is 24.1 Å². The van der Waals surface area contributed by atoms with E-state index in [0.717, 1.165) is 10.7 Å². The van der Waals surface area contributed by atoms with Crippen LogP contribution >= 0.6 is 12.4 Å². The molecule has 0 spiro atoms. The highest BCUT2D eigenvalue weighted by Gasteiger charge is 2.34. The summed E-state index contributed by atoms with van der Waals surface area (Å²) in [5.41, 5.74) is -0.440. The number of anilines is 1. The zero-order valence-electron chi connectivity index (χ0n) is 14.0. The van der Waals surface area contributed by atoms with Gasteiger partial charge in [-0.3, -0.25) is 4.79 Å². The molecule has 25 heavy (non-hydrogen) atoms. The van der Waals surface area contributed by atoms with E-state index in [4.69, 9.17) is 0 Å². The lowest BCUT2D eigenvalue weighted by atomic mass is 10.1. The fourth-order valence-corrected chi connectivity index (χ4v) is 2.32. The number of aryl methyl sites for hydroxylation is 1. The Morgan fingerprint density at radius 1 is 1.32 bits per heavy atom. The largest absolute Gasteiger partial charge is 0.418 e. The number of amides is 1. The molecule has 5 nitrogen and oxygen atoms in total. The summed E-state index contributed by atoms with van der Waals surface area (Å²) in [7, 11) is 1.72. The van der Waals surface area contributed by atoms with Crippen LogP contribution in [0, 0.1) is 12.8 Å². The molecule has 1 atom stereocenters. The second kappa shape index (κ2) is 8.35. The highest BCUT2D eigenvalue weighted by Crippen LogP contribution is 2.34. The first kappa shape index (κ1) is 21.0. The Labute approximate surface area is 150 Å². The third-order valence-electron chi connectivity index (χ3n) is 3.48. The number of nitrogens with zero attached hydrogens (tertiary/aromatic N) is 2. The highest BCUT2D eigenvalue weighted by atomic mass is 35.5. The van der Waals surface area contributed by atoms with Gasteiger partial charge in [-0.1, -0.05) is 19.1 Å². The molecule has 2 N–H and O–H groups in total. The zero-order chi connectivity index (χ0) is 17.9. The Morgan fingerprint density at radius 3 is 2.56 bits per heavy atom. The number of carbonyl (C=O) groups is 1. The van der Waals surface area contributed by atoms with Crippen molar-refractivity contribution in [2.24, 2.45) is 5.92 Å². The third-order valence-corrected chi connectivity index (χ3v) is 3.48. The summed E-state index contributed by atoms with van der Waals surface area (Å²) in [4.78, 5) is 12.2. The fourth-order valence-electron chi connectivity index (χ4n) is 2.32. The molecule has 0 saturated carbocycles. The Morgan fingerprint density at radius 2 is 1.96 bits per heavy atom. The molecule has 1 unspecified atom stereocenters. The number of aromatic nitrogens is 2. The van der Waals surface area contributed by atoms with E-state index in [1.807, 2.05) is 0 Å². The molecule has 1 aromatic carbocycles. The van der Waals surface area contributed by atoms with Crippen molar-refractivity contribution in [3.8, 4) is 5.69 Å². The number of alkyl halides is 3. The summed E-state index contributed by atoms with van der Waals surface area (Å²) in [5, 5.41) is 9.63. The summed E-state index contributed by atoms with van der Waals surface area (Å²) in [6, 6.07) is 6.66. The minimum Gasteiger partial charge on any atom is -0.319 e. The number of halogens is 4. The van der Waals surface area contributed by atoms with Crippen molar-refractivity contribution in [2.45, 2.75) is 20.0 Å². The van der Waals surface area contributed by atoms with Crippen LogP contribution in [0.25, 0.3) is 5.69 Å². The minimum absolute atomic E-state index is 0. The molecule has 0 fully saturated rings. The number of hydrogen-bond acceptors (Lipinski definition) is 3. The van der Waals surface area contributed by atoms with Gasteiger partial charge in [-0.2, -0.15) is 18.3 Å². The summed E-state index contributed by atoms with van der Waals surface area (Å²) in [6.07, 6.45) is -4.52. The number of nitrogens with one attached hydrogen (secondary N) is 2. The lowest BCUT2D eigenvalue weighted by molar-refractivity contribution is -0.137. The molecule has 0 bridgehead atoms. The Bertz CT molecular complexity index is 730. The van der Waals surface area contributed by atoms with E-state index in [-0.39, 0.29) is 35.7 Å². The van der Waals surface area contributed by atoms with Gasteiger partial charge in [0.05, 0.1) is 16.9 Å². The fraction of sp³-hybridized carbons (Fsp3) is 0.375. The van der Waals surface area contributed by atoms with E-state index in [1.54, 1.807) is 20.9 Å². The average Bonchev–Trinajstić information content (AvgIpc) is 2.87. The van der Waals surface area contributed by atoms with Crippen molar-refractivity contribution in [3.63, 3.8) is 0 Å². The van der Waals surface area contributed by atoms with Gasteiger partial charge in [-0.05, 0) is 26.1 Å². The highest BCUT2D eigenvalue weighted by molar-refractivity contribution is 5.92. The standard InChI is InChI=1S/C16H19F3N4O.ClH/c1-10(9-20-3)15(24)21-14-8-11(2)22-23(14)13-7-5-4-6-12(13)16(17,18)19;/h4-8,10,20H,9H2,1-3H3,(H,21,24);1H. The van der Waals surface area contributed by atoms with Crippen molar-refractivity contribution in [1.29, 1.82) is 0 Å². The van der Waals surface area contributed by atoms with E-state index >= 15 is 0 Å². The van der Waals surface area contributed by atoms with E-state index in [0.29, 0.717) is 12.2 Å². The van der Waals surface area contributed by atoms with Crippen LogP contribution in [0.1, 0.15) is 18.2 Å². The van der Waals surface area contributed by atoms with Crippen LogP contribution in [-0.2, 0) is 11.0 Å². The maximum Gasteiger partial charge on any atom is 0.418 e. The molecule has 2 rings (SSSR count). The molecule has 1 amide bonds. The minimum atomic E-state index is -4.52. The molecule has 1 aromatic heterocycles. The number of hydrogen-bond donors (Lipinski definition) is 2. The van der Waals surface area contributed by atoms with Crippen LogP contribution in [0.4, 0.5) is 19.0 Å². The SMILES string of the molecule is CNCC(C)C(=O)Nc1cc(C)nn1-c1ccccc1C(F)(F)F.Cl. The van der Waals surface area contributed by atoms with Crippen molar-refractivity contribution in [1.82, 2.24) is 15.1 Å².